The SMILES string of the molecule is CCCCN(CCCl)Cc1ccccc1OC. The molecule has 0 atom stereocenters. The number of unbranched alkanes of at least 4 members (excludes halogenated alkanes) is 1. The van der Waals surface area contributed by atoms with Crippen LogP contribution in [0.1, 0.15) is 25.3 Å². The molecule has 0 amide bonds. The lowest BCUT2D eigenvalue weighted by Gasteiger charge is -2.22. The summed E-state index contributed by atoms with van der Waals surface area (Å²) in [5, 5.41) is 0. The van der Waals surface area contributed by atoms with Crippen LogP contribution in [0.2, 0.25) is 0 Å². The number of alkyl halides is 1. The number of halogens is 1. The molecule has 1 rings (SSSR count). The molecule has 0 saturated heterocycles. The van der Waals surface area contributed by atoms with Crippen LogP contribution >= 0.6 is 11.6 Å². The molecule has 0 bridgehead atoms. The van der Waals surface area contributed by atoms with Crippen LogP contribution in [0.25, 0.3) is 0 Å². The maximum absolute atomic E-state index is 5.84. The fraction of sp³-hybridized carbons (Fsp3) is 0.571. The van der Waals surface area contributed by atoms with Gasteiger partial charge in [0.1, 0.15) is 5.75 Å². The minimum atomic E-state index is 0.679. The molecular formula is C14H22ClNO. The fourth-order valence-electron chi connectivity index (χ4n) is 1.85. The number of methoxy groups -OCH3 is 1. The fourth-order valence-corrected chi connectivity index (χ4v) is 2.08. The summed E-state index contributed by atoms with van der Waals surface area (Å²) in [6, 6.07) is 8.18. The molecule has 0 saturated carbocycles. The van der Waals surface area contributed by atoms with Crippen LogP contribution in [0.3, 0.4) is 0 Å². The molecule has 0 radical (unpaired) electrons. The molecule has 0 fully saturated rings. The van der Waals surface area contributed by atoms with Gasteiger partial charge in [0.05, 0.1) is 7.11 Å². The van der Waals surface area contributed by atoms with E-state index in [9.17, 15) is 0 Å². The van der Waals surface area contributed by atoms with Crippen LogP contribution in [-0.2, 0) is 6.54 Å². The summed E-state index contributed by atoms with van der Waals surface area (Å²) >= 11 is 5.84. The molecule has 0 heterocycles. The minimum absolute atomic E-state index is 0.679. The lowest BCUT2D eigenvalue weighted by Crippen LogP contribution is -2.26. The summed E-state index contributed by atoms with van der Waals surface area (Å²) in [5.74, 6) is 1.64. The van der Waals surface area contributed by atoms with Crippen molar-refractivity contribution in [3.8, 4) is 5.75 Å². The largest absolute Gasteiger partial charge is 0.496 e. The van der Waals surface area contributed by atoms with Crippen LogP contribution in [0.5, 0.6) is 5.75 Å². The Labute approximate surface area is 110 Å². The summed E-state index contributed by atoms with van der Waals surface area (Å²) in [5.41, 5.74) is 1.23. The van der Waals surface area contributed by atoms with Crippen molar-refractivity contribution in [1.82, 2.24) is 4.90 Å². The summed E-state index contributed by atoms with van der Waals surface area (Å²) in [6.07, 6.45) is 2.43. The number of rotatable bonds is 8. The maximum atomic E-state index is 5.84. The maximum Gasteiger partial charge on any atom is 0.123 e. The highest BCUT2D eigenvalue weighted by atomic mass is 35.5. The third-order valence-electron chi connectivity index (χ3n) is 2.82. The first-order chi connectivity index (χ1) is 8.31. The topological polar surface area (TPSA) is 12.5 Å². The van der Waals surface area contributed by atoms with E-state index in [1.807, 2.05) is 12.1 Å². The standard InChI is InChI=1S/C14H22ClNO/c1-3-4-10-16(11-9-15)12-13-7-5-6-8-14(13)17-2/h5-8H,3-4,9-12H2,1-2H3. The van der Waals surface area contributed by atoms with Crippen molar-refractivity contribution in [3.05, 3.63) is 29.8 Å². The smallest absolute Gasteiger partial charge is 0.123 e. The molecule has 96 valence electrons. The van der Waals surface area contributed by atoms with E-state index < -0.39 is 0 Å². The summed E-state index contributed by atoms with van der Waals surface area (Å²) in [4.78, 5) is 2.38. The van der Waals surface area contributed by atoms with Crippen molar-refractivity contribution in [1.29, 1.82) is 0 Å². The second kappa shape index (κ2) is 8.37. The Balaban J connectivity index is 2.63. The first kappa shape index (κ1) is 14.3. The number of nitrogens with zero attached hydrogens (tertiary/aromatic N) is 1. The van der Waals surface area contributed by atoms with Crippen LogP contribution in [-0.4, -0.2) is 31.0 Å². The van der Waals surface area contributed by atoms with E-state index in [0.717, 1.165) is 25.4 Å². The molecule has 1 aromatic carbocycles. The monoisotopic (exact) mass is 255 g/mol. The molecule has 0 N–H and O–H groups in total. The number of benzene rings is 1. The zero-order chi connectivity index (χ0) is 12.5. The van der Waals surface area contributed by atoms with Gasteiger partial charge in [0.2, 0.25) is 0 Å². The van der Waals surface area contributed by atoms with Crippen molar-refractivity contribution in [2.75, 3.05) is 26.1 Å². The number of para-hydroxylation sites is 1. The lowest BCUT2D eigenvalue weighted by atomic mass is 10.2. The zero-order valence-electron chi connectivity index (χ0n) is 10.8. The highest BCUT2D eigenvalue weighted by Crippen LogP contribution is 2.19. The van der Waals surface area contributed by atoms with Crippen LogP contribution in [0, 0.1) is 0 Å². The Bertz CT molecular complexity index is 317. The molecule has 0 aliphatic carbocycles. The zero-order valence-corrected chi connectivity index (χ0v) is 11.5. The van der Waals surface area contributed by atoms with Gasteiger partial charge in [-0.3, -0.25) is 4.90 Å². The van der Waals surface area contributed by atoms with Crippen LogP contribution in [0.15, 0.2) is 24.3 Å². The second-order valence-electron chi connectivity index (χ2n) is 4.13. The van der Waals surface area contributed by atoms with Crippen molar-refractivity contribution in [3.63, 3.8) is 0 Å². The van der Waals surface area contributed by atoms with Crippen LogP contribution in [0.4, 0.5) is 0 Å². The molecular weight excluding hydrogens is 234 g/mol. The third kappa shape index (κ3) is 4.97. The molecule has 17 heavy (non-hydrogen) atoms. The first-order valence-electron chi connectivity index (χ1n) is 6.22. The Kier molecular flexibility index (Phi) is 7.06. The summed E-state index contributed by atoms with van der Waals surface area (Å²) in [7, 11) is 1.72. The second-order valence-corrected chi connectivity index (χ2v) is 4.51. The molecule has 3 heteroatoms. The van der Waals surface area contributed by atoms with E-state index in [1.54, 1.807) is 7.11 Å². The predicted molar refractivity (Wildman–Crippen MR) is 73.9 cm³/mol. The number of ether oxygens (including phenoxy) is 1. The van der Waals surface area contributed by atoms with Gasteiger partial charge in [0.15, 0.2) is 0 Å². The van der Waals surface area contributed by atoms with E-state index in [2.05, 4.69) is 24.0 Å². The molecule has 0 aliphatic heterocycles. The summed E-state index contributed by atoms with van der Waals surface area (Å²) < 4.78 is 5.37. The van der Waals surface area contributed by atoms with Gasteiger partial charge in [-0.2, -0.15) is 0 Å². The number of hydrogen-bond acceptors (Lipinski definition) is 2. The highest BCUT2D eigenvalue weighted by molar-refractivity contribution is 6.18. The van der Waals surface area contributed by atoms with Gasteiger partial charge in [0, 0.05) is 24.5 Å². The van der Waals surface area contributed by atoms with Crippen molar-refractivity contribution in [2.45, 2.75) is 26.3 Å². The Morgan fingerprint density at radius 3 is 2.65 bits per heavy atom. The van der Waals surface area contributed by atoms with E-state index >= 15 is 0 Å². The predicted octanol–water partition coefficient (Wildman–Crippen LogP) is 3.54. The van der Waals surface area contributed by atoms with E-state index in [4.69, 9.17) is 16.3 Å². The molecule has 0 unspecified atom stereocenters. The average molecular weight is 256 g/mol. The quantitative estimate of drug-likeness (QED) is 0.659. The molecule has 1 aromatic rings. The Morgan fingerprint density at radius 2 is 2.00 bits per heavy atom. The molecule has 0 spiro atoms. The molecule has 2 nitrogen and oxygen atoms in total. The van der Waals surface area contributed by atoms with Crippen molar-refractivity contribution < 1.29 is 4.74 Å². The number of hydrogen-bond donors (Lipinski definition) is 0. The molecule has 0 aliphatic rings. The van der Waals surface area contributed by atoms with Gasteiger partial charge in [-0.15, -0.1) is 11.6 Å². The molecule has 0 aromatic heterocycles. The average Bonchev–Trinajstić information content (AvgIpc) is 2.37. The first-order valence-corrected chi connectivity index (χ1v) is 6.75. The van der Waals surface area contributed by atoms with Crippen LogP contribution < -0.4 is 4.74 Å². The van der Waals surface area contributed by atoms with E-state index in [-0.39, 0.29) is 0 Å². The highest BCUT2D eigenvalue weighted by Gasteiger charge is 2.08. The Hall–Kier alpha value is -0.730. The van der Waals surface area contributed by atoms with Gasteiger partial charge in [-0.1, -0.05) is 31.5 Å². The van der Waals surface area contributed by atoms with Gasteiger partial charge in [-0.25, -0.2) is 0 Å². The van der Waals surface area contributed by atoms with Gasteiger partial charge >= 0.3 is 0 Å². The van der Waals surface area contributed by atoms with E-state index in [1.165, 1.54) is 18.4 Å². The lowest BCUT2D eigenvalue weighted by molar-refractivity contribution is 0.272. The van der Waals surface area contributed by atoms with E-state index in [0.29, 0.717) is 5.88 Å². The minimum Gasteiger partial charge on any atom is -0.496 e. The van der Waals surface area contributed by atoms with Gasteiger partial charge < -0.3 is 4.74 Å². The van der Waals surface area contributed by atoms with Crippen molar-refractivity contribution in [2.24, 2.45) is 0 Å². The van der Waals surface area contributed by atoms with Crippen molar-refractivity contribution >= 4 is 11.6 Å². The van der Waals surface area contributed by atoms with Gasteiger partial charge in [-0.05, 0) is 19.0 Å². The van der Waals surface area contributed by atoms with Gasteiger partial charge in [0.25, 0.3) is 0 Å². The normalized spacial score (nSPS) is 10.8. The third-order valence-corrected chi connectivity index (χ3v) is 2.98. The Morgan fingerprint density at radius 1 is 1.24 bits per heavy atom. The summed E-state index contributed by atoms with van der Waals surface area (Å²) in [6.45, 7) is 5.15.